The molecule has 0 bridgehead atoms. The van der Waals surface area contributed by atoms with Gasteiger partial charge in [0, 0.05) is 50.4 Å². The standard InChI is InChI=1S/C20H20FN3O2.C2HF3O2/c1-23-12-16(14-5-3-2-4-6-14)20(19(23)26)8-10-24(13-20)18(25)15-7-9-22-17(21)11-15;3-2(4,5)1(6)7/h2-7,9,11,16H,8,10,12-13H2,1H3;(H,6,7). The van der Waals surface area contributed by atoms with Crippen molar-refractivity contribution in [3.05, 3.63) is 65.7 Å². The predicted octanol–water partition coefficient (Wildman–Crippen LogP) is 2.94. The van der Waals surface area contributed by atoms with E-state index in [0.717, 1.165) is 11.6 Å². The molecule has 11 heteroatoms. The number of nitrogens with zero attached hydrogens (tertiary/aromatic N) is 3. The van der Waals surface area contributed by atoms with Crippen molar-refractivity contribution in [3.63, 3.8) is 0 Å². The van der Waals surface area contributed by atoms with Crippen LogP contribution in [0.15, 0.2) is 48.7 Å². The summed E-state index contributed by atoms with van der Waals surface area (Å²) in [6.45, 7) is 1.50. The number of aliphatic carboxylic acids is 1. The molecule has 0 saturated carbocycles. The van der Waals surface area contributed by atoms with E-state index < -0.39 is 23.5 Å². The number of aromatic nitrogens is 1. The van der Waals surface area contributed by atoms with Gasteiger partial charge in [-0.25, -0.2) is 9.78 Å². The maximum absolute atomic E-state index is 13.4. The third kappa shape index (κ3) is 4.96. The summed E-state index contributed by atoms with van der Waals surface area (Å²) < 4.78 is 45.1. The Bertz CT molecular complexity index is 1050. The Morgan fingerprint density at radius 2 is 1.82 bits per heavy atom. The molecule has 2 unspecified atom stereocenters. The van der Waals surface area contributed by atoms with Gasteiger partial charge < -0.3 is 14.9 Å². The number of hydrogen-bond acceptors (Lipinski definition) is 4. The smallest absolute Gasteiger partial charge is 0.475 e. The fourth-order valence-electron chi connectivity index (χ4n) is 4.35. The first kappa shape index (κ1) is 24.1. The molecule has 4 rings (SSSR count). The second kappa shape index (κ2) is 9.16. The van der Waals surface area contributed by atoms with Gasteiger partial charge in [0.1, 0.15) is 0 Å². The van der Waals surface area contributed by atoms with Gasteiger partial charge in [0.05, 0.1) is 5.41 Å². The summed E-state index contributed by atoms with van der Waals surface area (Å²) in [4.78, 5) is 41.6. The molecular formula is C22H21F4N3O4. The van der Waals surface area contributed by atoms with Crippen molar-refractivity contribution in [1.82, 2.24) is 14.8 Å². The molecule has 2 aromatic rings. The second-order valence-electron chi connectivity index (χ2n) is 7.95. The van der Waals surface area contributed by atoms with Crippen LogP contribution in [0.1, 0.15) is 28.3 Å². The molecule has 2 fully saturated rings. The molecule has 2 aliphatic rings. The van der Waals surface area contributed by atoms with Crippen LogP contribution < -0.4 is 0 Å². The van der Waals surface area contributed by atoms with Crippen molar-refractivity contribution < 1.29 is 37.1 Å². The average molecular weight is 467 g/mol. The van der Waals surface area contributed by atoms with Gasteiger partial charge in [-0.05, 0) is 18.1 Å². The average Bonchev–Trinajstić information content (AvgIpc) is 3.32. The summed E-state index contributed by atoms with van der Waals surface area (Å²) in [5, 5.41) is 7.12. The number of likely N-dealkylation sites (tertiary alicyclic amines) is 2. The first-order chi connectivity index (χ1) is 15.5. The van der Waals surface area contributed by atoms with E-state index in [-0.39, 0.29) is 23.3 Å². The molecule has 1 spiro atoms. The SMILES string of the molecule is CN1CC(c2ccccc2)C2(CCN(C(=O)c3ccnc(F)c3)C2)C1=O.O=C(O)C(F)(F)F. The number of halogens is 4. The van der Waals surface area contributed by atoms with E-state index in [9.17, 15) is 27.2 Å². The summed E-state index contributed by atoms with van der Waals surface area (Å²) in [6, 6.07) is 12.6. The van der Waals surface area contributed by atoms with Crippen molar-refractivity contribution in [2.75, 3.05) is 26.7 Å². The number of carboxylic acids is 1. The molecule has 1 aromatic heterocycles. The van der Waals surface area contributed by atoms with E-state index in [1.165, 1.54) is 12.3 Å². The minimum absolute atomic E-state index is 0.0492. The van der Waals surface area contributed by atoms with Gasteiger partial charge in [0.15, 0.2) is 0 Å². The van der Waals surface area contributed by atoms with Crippen LogP contribution in [0.25, 0.3) is 0 Å². The summed E-state index contributed by atoms with van der Waals surface area (Å²) in [5.74, 6) is -3.55. The van der Waals surface area contributed by atoms with Gasteiger partial charge >= 0.3 is 12.1 Å². The van der Waals surface area contributed by atoms with Gasteiger partial charge in [-0.2, -0.15) is 17.6 Å². The summed E-state index contributed by atoms with van der Waals surface area (Å²) in [5.41, 5.74) is 0.788. The predicted molar refractivity (Wildman–Crippen MR) is 108 cm³/mol. The van der Waals surface area contributed by atoms with Gasteiger partial charge in [-0.1, -0.05) is 30.3 Å². The number of likely N-dealkylation sites (N-methyl/N-ethyl adjacent to an activating group) is 1. The summed E-state index contributed by atoms with van der Waals surface area (Å²) >= 11 is 0. The summed E-state index contributed by atoms with van der Waals surface area (Å²) in [7, 11) is 1.82. The minimum Gasteiger partial charge on any atom is -0.475 e. The quantitative estimate of drug-likeness (QED) is 0.542. The van der Waals surface area contributed by atoms with Crippen LogP contribution in [0.4, 0.5) is 17.6 Å². The van der Waals surface area contributed by atoms with Crippen LogP contribution in [0.2, 0.25) is 0 Å². The van der Waals surface area contributed by atoms with E-state index in [0.29, 0.717) is 26.1 Å². The molecule has 0 radical (unpaired) electrons. The maximum atomic E-state index is 13.4. The third-order valence-corrected chi connectivity index (χ3v) is 5.90. The first-order valence-corrected chi connectivity index (χ1v) is 9.97. The number of pyridine rings is 1. The lowest BCUT2D eigenvalue weighted by molar-refractivity contribution is -0.192. The monoisotopic (exact) mass is 467 g/mol. The number of rotatable bonds is 2. The normalized spacial score (nSPS) is 22.3. The number of benzene rings is 1. The van der Waals surface area contributed by atoms with Crippen LogP contribution in [0.5, 0.6) is 0 Å². The Morgan fingerprint density at radius 1 is 1.18 bits per heavy atom. The van der Waals surface area contributed by atoms with Gasteiger partial charge in [0.25, 0.3) is 5.91 Å². The number of amides is 2. The number of hydrogen-bond donors (Lipinski definition) is 1. The molecule has 176 valence electrons. The Labute approximate surface area is 186 Å². The number of carbonyl (C=O) groups is 3. The molecule has 2 atom stereocenters. The van der Waals surface area contributed by atoms with Crippen molar-refractivity contribution in [3.8, 4) is 0 Å². The largest absolute Gasteiger partial charge is 0.490 e. The molecule has 33 heavy (non-hydrogen) atoms. The molecule has 2 aliphatic heterocycles. The Balaban J connectivity index is 0.000000383. The molecule has 7 nitrogen and oxygen atoms in total. The highest BCUT2D eigenvalue weighted by Crippen LogP contribution is 2.49. The van der Waals surface area contributed by atoms with E-state index in [2.05, 4.69) is 4.98 Å². The molecule has 3 heterocycles. The van der Waals surface area contributed by atoms with Crippen LogP contribution >= 0.6 is 0 Å². The van der Waals surface area contributed by atoms with Crippen molar-refractivity contribution in [1.29, 1.82) is 0 Å². The molecule has 1 aromatic carbocycles. The minimum atomic E-state index is -5.08. The Morgan fingerprint density at radius 3 is 2.39 bits per heavy atom. The molecule has 1 N–H and O–H groups in total. The van der Waals surface area contributed by atoms with Crippen LogP contribution in [-0.4, -0.2) is 70.5 Å². The topological polar surface area (TPSA) is 90.8 Å². The van der Waals surface area contributed by atoms with E-state index in [1.54, 1.807) is 9.80 Å². The van der Waals surface area contributed by atoms with E-state index >= 15 is 0 Å². The van der Waals surface area contributed by atoms with Crippen molar-refractivity contribution in [2.45, 2.75) is 18.5 Å². The second-order valence-corrected chi connectivity index (χ2v) is 7.95. The Hall–Kier alpha value is -3.50. The highest BCUT2D eigenvalue weighted by Gasteiger charge is 2.57. The number of carboxylic acid groups (broad SMARTS) is 1. The first-order valence-electron chi connectivity index (χ1n) is 9.97. The lowest BCUT2D eigenvalue weighted by Gasteiger charge is -2.28. The fraction of sp³-hybridized carbons (Fsp3) is 0.364. The van der Waals surface area contributed by atoms with Crippen LogP contribution in [0, 0.1) is 11.4 Å². The highest BCUT2D eigenvalue weighted by atomic mass is 19.4. The van der Waals surface area contributed by atoms with Gasteiger partial charge in [0.2, 0.25) is 11.9 Å². The molecule has 2 amide bonds. The fourth-order valence-corrected chi connectivity index (χ4v) is 4.35. The van der Waals surface area contributed by atoms with E-state index in [1.807, 2.05) is 37.4 Å². The molecule has 2 saturated heterocycles. The van der Waals surface area contributed by atoms with Gasteiger partial charge in [-0.3, -0.25) is 9.59 Å². The highest BCUT2D eigenvalue weighted by molar-refractivity contribution is 5.96. The number of alkyl halides is 3. The van der Waals surface area contributed by atoms with E-state index in [4.69, 9.17) is 9.90 Å². The zero-order valence-electron chi connectivity index (χ0n) is 17.6. The van der Waals surface area contributed by atoms with Crippen LogP contribution in [0.3, 0.4) is 0 Å². The zero-order chi connectivity index (χ0) is 24.4. The molecule has 0 aliphatic carbocycles. The number of carbonyl (C=O) groups excluding carboxylic acids is 2. The summed E-state index contributed by atoms with van der Waals surface area (Å²) in [6.07, 6.45) is -3.18. The van der Waals surface area contributed by atoms with Crippen molar-refractivity contribution >= 4 is 17.8 Å². The van der Waals surface area contributed by atoms with Crippen molar-refractivity contribution in [2.24, 2.45) is 5.41 Å². The lowest BCUT2D eigenvalue weighted by Crippen LogP contribution is -2.39. The Kier molecular flexibility index (Phi) is 6.71. The lowest BCUT2D eigenvalue weighted by atomic mass is 9.73. The maximum Gasteiger partial charge on any atom is 0.490 e. The van der Waals surface area contributed by atoms with Crippen LogP contribution in [-0.2, 0) is 9.59 Å². The molecular weight excluding hydrogens is 446 g/mol. The van der Waals surface area contributed by atoms with Gasteiger partial charge in [-0.15, -0.1) is 0 Å². The third-order valence-electron chi connectivity index (χ3n) is 5.90. The zero-order valence-corrected chi connectivity index (χ0v) is 17.6.